The molecule has 0 aliphatic heterocycles. The highest BCUT2D eigenvalue weighted by Gasteiger charge is 2.19. The fourth-order valence-electron chi connectivity index (χ4n) is 3.22. The molecule has 0 aromatic heterocycles. The lowest BCUT2D eigenvalue weighted by Crippen LogP contribution is -2.18. The number of amides is 1. The van der Waals surface area contributed by atoms with Gasteiger partial charge in [-0.3, -0.25) is 4.79 Å². The third-order valence-corrected chi connectivity index (χ3v) is 5.83. The third-order valence-electron chi connectivity index (χ3n) is 4.78. The van der Waals surface area contributed by atoms with Crippen LogP contribution in [0.3, 0.4) is 0 Å². The van der Waals surface area contributed by atoms with Gasteiger partial charge in [0, 0.05) is 6.61 Å². The second kappa shape index (κ2) is 10.2. The standard InChI is InChI=1S/C21H34N2O3S/c1-21(2,3)15-12-17(22)20(25-4)18(13-15)23-19(24)14-27-11-7-10-26-16-8-5-6-9-16/h12-13,16H,5-11,14,22H2,1-4H3,(H,23,24). The van der Waals surface area contributed by atoms with Crippen LogP contribution in [0.15, 0.2) is 12.1 Å². The van der Waals surface area contributed by atoms with Gasteiger partial charge in [-0.1, -0.05) is 33.6 Å². The Morgan fingerprint density at radius 2 is 2.00 bits per heavy atom. The van der Waals surface area contributed by atoms with Crippen molar-refractivity contribution in [3.05, 3.63) is 17.7 Å². The minimum absolute atomic E-state index is 0.0412. The van der Waals surface area contributed by atoms with Gasteiger partial charge in [0.15, 0.2) is 5.75 Å². The van der Waals surface area contributed by atoms with Crippen LogP contribution in [-0.2, 0) is 14.9 Å². The number of nitrogens with one attached hydrogen (secondary N) is 1. The van der Waals surface area contributed by atoms with Gasteiger partial charge in [-0.05, 0) is 48.1 Å². The molecule has 1 aromatic carbocycles. The maximum atomic E-state index is 12.3. The molecule has 2 rings (SSSR count). The fourth-order valence-corrected chi connectivity index (χ4v) is 3.95. The van der Waals surface area contributed by atoms with Crippen LogP contribution in [0.1, 0.15) is 58.4 Å². The maximum absolute atomic E-state index is 12.3. The monoisotopic (exact) mass is 394 g/mol. The summed E-state index contributed by atoms with van der Waals surface area (Å²) in [6.07, 6.45) is 6.44. The first kappa shape index (κ1) is 21.9. The lowest BCUT2D eigenvalue weighted by molar-refractivity contribution is -0.113. The van der Waals surface area contributed by atoms with Gasteiger partial charge in [-0.2, -0.15) is 11.8 Å². The number of hydrogen-bond acceptors (Lipinski definition) is 5. The highest BCUT2D eigenvalue weighted by Crippen LogP contribution is 2.36. The predicted octanol–water partition coefficient (Wildman–Crippen LogP) is 4.60. The van der Waals surface area contributed by atoms with Gasteiger partial charge >= 0.3 is 0 Å². The van der Waals surface area contributed by atoms with Crippen molar-refractivity contribution >= 4 is 29.0 Å². The first-order chi connectivity index (χ1) is 12.8. The molecule has 0 heterocycles. The van der Waals surface area contributed by atoms with Crippen molar-refractivity contribution in [2.24, 2.45) is 0 Å². The average Bonchev–Trinajstić information content (AvgIpc) is 3.10. The fraction of sp³-hybridized carbons (Fsp3) is 0.667. The summed E-state index contributed by atoms with van der Waals surface area (Å²) >= 11 is 1.63. The molecule has 1 aliphatic rings. The van der Waals surface area contributed by atoms with Crippen molar-refractivity contribution in [3.8, 4) is 5.75 Å². The topological polar surface area (TPSA) is 73.6 Å². The van der Waals surface area contributed by atoms with Crippen LogP contribution in [0.2, 0.25) is 0 Å². The zero-order valence-electron chi connectivity index (χ0n) is 17.1. The van der Waals surface area contributed by atoms with Crippen LogP contribution in [0.25, 0.3) is 0 Å². The van der Waals surface area contributed by atoms with E-state index in [-0.39, 0.29) is 11.3 Å². The number of anilines is 2. The van der Waals surface area contributed by atoms with Gasteiger partial charge in [0.05, 0.1) is 30.3 Å². The van der Waals surface area contributed by atoms with Crippen LogP contribution in [-0.4, -0.2) is 37.2 Å². The van der Waals surface area contributed by atoms with Gasteiger partial charge in [0.1, 0.15) is 0 Å². The molecule has 1 saturated carbocycles. The summed E-state index contributed by atoms with van der Waals surface area (Å²) in [6, 6.07) is 3.86. The minimum atomic E-state index is -0.0616. The number of carbonyl (C=O) groups is 1. The normalized spacial score (nSPS) is 15.1. The van der Waals surface area contributed by atoms with E-state index in [1.54, 1.807) is 18.9 Å². The highest BCUT2D eigenvalue weighted by atomic mass is 32.2. The molecule has 0 atom stereocenters. The molecular weight excluding hydrogens is 360 g/mol. The average molecular weight is 395 g/mol. The Balaban J connectivity index is 1.79. The van der Waals surface area contributed by atoms with Crippen molar-refractivity contribution in [2.45, 2.75) is 64.4 Å². The molecule has 0 radical (unpaired) electrons. The molecule has 5 nitrogen and oxygen atoms in total. The van der Waals surface area contributed by atoms with Crippen molar-refractivity contribution < 1.29 is 14.3 Å². The summed E-state index contributed by atoms with van der Waals surface area (Å²) in [5.41, 5.74) is 8.29. The summed E-state index contributed by atoms with van der Waals surface area (Å²) < 4.78 is 11.2. The molecule has 3 N–H and O–H groups in total. The van der Waals surface area contributed by atoms with E-state index in [2.05, 4.69) is 26.1 Å². The Labute approximate surface area is 167 Å². The van der Waals surface area contributed by atoms with Gasteiger partial charge in [0.2, 0.25) is 5.91 Å². The smallest absolute Gasteiger partial charge is 0.234 e. The molecule has 1 amide bonds. The molecule has 0 spiro atoms. The van der Waals surface area contributed by atoms with Gasteiger partial charge < -0.3 is 20.5 Å². The molecule has 0 bridgehead atoms. The van der Waals surface area contributed by atoms with Crippen molar-refractivity contribution in [2.75, 3.05) is 36.3 Å². The maximum Gasteiger partial charge on any atom is 0.234 e. The van der Waals surface area contributed by atoms with Crippen LogP contribution in [0, 0.1) is 0 Å². The van der Waals surface area contributed by atoms with E-state index in [1.165, 1.54) is 25.7 Å². The summed E-state index contributed by atoms with van der Waals surface area (Å²) in [6.45, 7) is 7.13. The van der Waals surface area contributed by atoms with Crippen molar-refractivity contribution in [1.29, 1.82) is 0 Å². The molecule has 0 saturated heterocycles. The number of benzene rings is 1. The van der Waals surface area contributed by atoms with E-state index in [1.807, 2.05) is 12.1 Å². The summed E-state index contributed by atoms with van der Waals surface area (Å²) in [5, 5.41) is 2.95. The molecule has 6 heteroatoms. The molecule has 27 heavy (non-hydrogen) atoms. The van der Waals surface area contributed by atoms with Crippen LogP contribution in [0.4, 0.5) is 11.4 Å². The van der Waals surface area contributed by atoms with Gasteiger partial charge in [0.25, 0.3) is 0 Å². The molecule has 0 unspecified atom stereocenters. The summed E-state index contributed by atoms with van der Waals surface area (Å²) in [7, 11) is 1.57. The predicted molar refractivity (Wildman–Crippen MR) is 115 cm³/mol. The van der Waals surface area contributed by atoms with Crippen LogP contribution < -0.4 is 15.8 Å². The Kier molecular flexibility index (Phi) is 8.29. The first-order valence-electron chi connectivity index (χ1n) is 9.78. The highest BCUT2D eigenvalue weighted by molar-refractivity contribution is 7.99. The van der Waals surface area contributed by atoms with E-state index in [0.717, 1.165) is 24.3 Å². The Hall–Kier alpha value is -1.40. The number of thioether (sulfide) groups is 1. The lowest BCUT2D eigenvalue weighted by atomic mass is 9.86. The van der Waals surface area contributed by atoms with Crippen LogP contribution >= 0.6 is 11.8 Å². The molecular formula is C21H34N2O3S. The Bertz CT molecular complexity index is 623. The first-order valence-corrected chi connectivity index (χ1v) is 10.9. The molecule has 1 aliphatic carbocycles. The van der Waals surface area contributed by atoms with Gasteiger partial charge in [-0.25, -0.2) is 0 Å². The van der Waals surface area contributed by atoms with E-state index in [4.69, 9.17) is 15.2 Å². The van der Waals surface area contributed by atoms with Gasteiger partial charge in [-0.15, -0.1) is 0 Å². The van der Waals surface area contributed by atoms with E-state index in [0.29, 0.717) is 29.0 Å². The zero-order chi connectivity index (χ0) is 19.9. The number of ether oxygens (including phenoxy) is 2. The summed E-state index contributed by atoms with van der Waals surface area (Å²) in [5.74, 6) is 1.81. The largest absolute Gasteiger partial charge is 0.492 e. The number of nitrogens with two attached hydrogens (primary N) is 1. The lowest BCUT2D eigenvalue weighted by Gasteiger charge is -2.22. The molecule has 152 valence electrons. The number of carbonyl (C=O) groups excluding carboxylic acids is 1. The van der Waals surface area contributed by atoms with Crippen LogP contribution in [0.5, 0.6) is 5.75 Å². The SMILES string of the molecule is COc1c(N)cc(C(C)(C)C)cc1NC(=O)CSCCCOC1CCCC1. The van der Waals surface area contributed by atoms with E-state index >= 15 is 0 Å². The quantitative estimate of drug-likeness (QED) is 0.473. The zero-order valence-corrected chi connectivity index (χ0v) is 17.9. The number of hydrogen-bond donors (Lipinski definition) is 2. The molecule has 1 fully saturated rings. The third kappa shape index (κ3) is 6.92. The minimum Gasteiger partial charge on any atom is -0.492 e. The Morgan fingerprint density at radius 1 is 1.30 bits per heavy atom. The van der Waals surface area contributed by atoms with E-state index in [9.17, 15) is 4.79 Å². The second-order valence-electron chi connectivity index (χ2n) is 8.13. The second-order valence-corrected chi connectivity index (χ2v) is 9.23. The Morgan fingerprint density at radius 3 is 2.63 bits per heavy atom. The number of nitrogen functional groups attached to an aromatic ring is 1. The van der Waals surface area contributed by atoms with Crippen molar-refractivity contribution in [3.63, 3.8) is 0 Å². The van der Waals surface area contributed by atoms with Crippen molar-refractivity contribution in [1.82, 2.24) is 0 Å². The number of methoxy groups -OCH3 is 1. The number of rotatable bonds is 9. The molecule has 1 aromatic rings. The van der Waals surface area contributed by atoms with E-state index < -0.39 is 0 Å². The summed E-state index contributed by atoms with van der Waals surface area (Å²) in [4.78, 5) is 12.3.